The van der Waals surface area contributed by atoms with Crippen LogP contribution in [-0.2, 0) is 11.3 Å². The SMILES string of the molecule is COC(=O)c1ccc(C2c3c(oc4cc(C)c(C)cc4c3=O)C(=O)N2Cc2ccco2)cc1. The van der Waals surface area contributed by atoms with E-state index in [1.807, 2.05) is 13.8 Å². The average Bonchev–Trinajstić information content (AvgIpc) is 3.42. The second-order valence-electron chi connectivity index (χ2n) is 8.14. The van der Waals surface area contributed by atoms with E-state index in [1.54, 1.807) is 53.4 Å². The van der Waals surface area contributed by atoms with Crippen LogP contribution in [0.5, 0.6) is 0 Å². The van der Waals surface area contributed by atoms with Crippen molar-refractivity contribution in [3.05, 3.63) is 104 Å². The predicted molar refractivity (Wildman–Crippen MR) is 120 cm³/mol. The Balaban J connectivity index is 1.71. The Hall–Kier alpha value is -4.13. The number of aryl methyl sites for hydroxylation is 2. The molecule has 0 spiro atoms. The monoisotopic (exact) mass is 443 g/mol. The number of amides is 1. The number of hydrogen-bond donors (Lipinski definition) is 0. The molecule has 3 heterocycles. The van der Waals surface area contributed by atoms with Crippen LogP contribution in [0.15, 0.2) is 68.4 Å². The molecular weight excluding hydrogens is 422 g/mol. The molecule has 1 unspecified atom stereocenters. The Labute approximate surface area is 189 Å². The third-order valence-electron chi connectivity index (χ3n) is 6.14. The number of nitrogens with zero attached hydrogens (tertiary/aromatic N) is 1. The molecule has 0 aliphatic carbocycles. The third-order valence-corrected chi connectivity index (χ3v) is 6.14. The number of carbonyl (C=O) groups excluding carboxylic acids is 2. The lowest BCUT2D eigenvalue weighted by atomic mass is 9.96. The van der Waals surface area contributed by atoms with Crippen molar-refractivity contribution in [2.24, 2.45) is 0 Å². The molecule has 1 atom stereocenters. The van der Waals surface area contributed by atoms with Crippen LogP contribution in [0, 0.1) is 13.8 Å². The number of ether oxygens (including phenoxy) is 1. The van der Waals surface area contributed by atoms with Crippen molar-refractivity contribution >= 4 is 22.8 Å². The summed E-state index contributed by atoms with van der Waals surface area (Å²) in [5.41, 5.74) is 3.41. The Bertz CT molecular complexity index is 1450. The van der Waals surface area contributed by atoms with E-state index in [0.717, 1.165) is 11.1 Å². The molecule has 0 N–H and O–H groups in total. The molecule has 2 aromatic carbocycles. The van der Waals surface area contributed by atoms with Gasteiger partial charge < -0.3 is 18.5 Å². The number of methoxy groups -OCH3 is 1. The summed E-state index contributed by atoms with van der Waals surface area (Å²) in [6, 6.07) is 13.1. The van der Waals surface area contributed by atoms with Crippen LogP contribution < -0.4 is 5.43 Å². The van der Waals surface area contributed by atoms with Gasteiger partial charge in [-0.15, -0.1) is 0 Å². The number of esters is 1. The highest BCUT2D eigenvalue weighted by molar-refractivity contribution is 5.99. The Kier molecular flexibility index (Phi) is 4.89. The van der Waals surface area contributed by atoms with Crippen molar-refractivity contribution in [2.45, 2.75) is 26.4 Å². The molecule has 2 aromatic heterocycles. The first kappa shape index (κ1) is 20.8. The maximum atomic E-state index is 13.6. The number of benzene rings is 2. The summed E-state index contributed by atoms with van der Waals surface area (Å²) in [4.78, 5) is 40.5. The van der Waals surface area contributed by atoms with Crippen LogP contribution in [0.2, 0.25) is 0 Å². The van der Waals surface area contributed by atoms with E-state index in [0.29, 0.717) is 27.9 Å². The van der Waals surface area contributed by atoms with Gasteiger partial charge in [0.1, 0.15) is 11.3 Å². The van der Waals surface area contributed by atoms with E-state index in [9.17, 15) is 14.4 Å². The van der Waals surface area contributed by atoms with E-state index in [4.69, 9.17) is 13.6 Å². The van der Waals surface area contributed by atoms with E-state index >= 15 is 0 Å². The van der Waals surface area contributed by atoms with Gasteiger partial charge in [0.25, 0.3) is 5.91 Å². The zero-order valence-corrected chi connectivity index (χ0v) is 18.4. The van der Waals surface area contributed by atoms with Gasteiger partial charge in [-0.2, -0.15) is 0 Å². The van der Waals surface area contributed by atoms with Gasteiger partial charge in [0.2, 0.25) is 5.76 Å². The molecule has 0 saturated heterocycles. The molecule has 0 saturated carbocycles. The molecule has 33 heavy (non-hydrogen) atoms. The van der Waals surface area contributed by atoms with Gasteiger partial charge in [-0.1, -0.05) is 12.1 Å². The highest BCUT2D eigenvalue weighted by Crippen LogP contribution is 2.39. The molecule has 1 amide bonds. The summed E-state index contributed by atoms with van der Waals surface area (Å²) < 4.78 is 16.3. The highest BCUT2D eigenvalue weighted by atomic mass is 16.5. The van der Waals surface area contributed by atoms with Crippen molar-refractivity contribution in [2.75, 3.05) is 7.11 Å². The Morgan fingerprint density at radius 3 is 2.45 bits per heavy atom. The summed E-state index contributed by atoms with van der Waals surface area (Å²) in [6.07, 6.45) is 1.53. The number of rotatable bonds is 4. The second-order valence-corrected chi connectivity index (χ2v) is 8.14. The maximum Gasteiger partial charge on any atom is 0.337 e. The van der Waals surface area contributed by atoms with Crippen LogP contribution in [0.4, 0.5) is 0 Å². The Morgan fingerprint density at radius 1 is 1.06 bits per heavy atom. The summed E-state index contributed by atoms with van der Waals surface area (Å²) in [6.45, 7) is 4.02. The fraction of sp³-hybridized carbons (Fsp3) is 0.192. The van der Waals surface area contributed by atoms with Crippen molar-refractivity contribution in [1.29, 1.82) is 0 Å². The lowest BCUT2D eigenvalue weighted by molar-refractivity contribution is 0.0599. The minimum Gasteiger partial charge on any atom is -0.467 e. The number of carbonyl (C=O) groups is 2. The number of furan rings is 1. The van der Waals surface area contributed by atoms with Gasteiger partial charge in [-0.05, 0) is 66.9 Å². The van der Waals surface area contributed by atoms with Gasteiger partial charge in [0.05, 0.1) is 42.5 Å². The minimum absolute atomic E-state index is 0.0318. The normalized spacial score (nSPS) is 15.2. The fourth-order valence-electron chi connectivity index (χ4n) is 4.27. The van der Waals surface area contributed by atoms with E-state index in [-0.39, 0.29) is 29.2 Å². The highest BCUT2D eigenvalue weighted by Gasteiger charge is 2.43. The second kappa shape index (κ2) is 7.78. The van der Waals surface area contributed by atoms with Gasteiger partial charge in [0, 0.05) is 0 Å². The molecule has 0 bridgehead atoms. The quantitative estimate of drug-likeness (QED) is 0.431. The summed E-state index contributed by atoms with van der Waals surface area (Å²) in [5, 5.41) is 0.431. The minimum atomic E-state index is -0.688. The van der Waals surface area contributed by atoms with Crippen LogP contribution >= 0.6 is 0 Å². The van der Waals surface area contributed by atoms with Gasteiger partial charge in [-0.3, -0.25) is 9.59 Å². The van der Waals surface area contributed by atoms with Crippen LogP contribution in [0.25, 0.3) is 11.0 Å². The topological polar surface area (TPSA) is 90.0 Å². The Morgan fingerprint density at radius 2 is 1.79 bits per heavy atom. The molecule has 1 aliphatic rings. The molecule has 7 nitrogen and oxygen atoms in total. The zero-order chi connectivity index (χ0) is 23.3. The van der Waals surface area contributed by atoms with Crippen LogP contribution in [0.3, 0.4) is 0 Å². The molecular formula is C26H21NO6. The predicted octanol–water partition coefficient (Wildman–Crippen LogP) is 4.53. The summed E-state index contributed by atoms with van der Waals surface area (Å²) in [7, 11) is 1.31. The smallest absolute Gasteiger partial charge is 0.337 e. The maximum absolute atomic E-state index is 13.6. The molecule has 0 radical (unpaired) electrons. The van der Waals surface area contributed by atoms with Crippen molar-refractivity contribution in [3.63, 3.8) is 0 Å². The molecule has 1 aliphatic heterocycles. The number of fused-ring (bicyclic) bond motifs is 2. The van der Waals surface area contributed by atoms with Crippen LogP contribution in [0.1, 0.15) is 55.0 Å². The standard InChI is InChI=1S/C26H21NO6/c1-14-11-19-20(12-15(14)2)33-24-21(23(19)28)22(16-6-8-17(9-7-16)26(30)31-3)27(25(24)29)13-18-5-4-10-32-18/h4-12,22H,13H2,1-3H3. The fourth-order valence-corrected chi connectivity index (χ4v) is 4.27. The summed E-state index contributed by atoms with van der Waals surface area (Å²) in [5.74, 6) is -0.241. The van der Waals surface area contributed by atoms with E-state index < -0.39 is 12.0 Å². The largest absolute Gasteiger partial charge is 0.467 e. The van der Waals surface area contributed by atoms with Crippen molar-refractivity contribution in [3.8, 4) is 0 Å². The first-order chi connectivity index (χ1) is 15.9. The first-order valence-corrected chi connectivity index (χ1v) is 10.5. The molecule has 7 heteroatoms. The van der Waals surface area contributed by atoms with Gasteiger partial charge in [-0.25, -0.2) is 4.79 Å². The molecule has 4 aromatic rings. The van der Waals surface area contributed by atoms with E-state index in [2.05, 4.69) is 0 Å². The lowest BCUT2D eigenvalue weighted by Crippen LogP contribution is -2.29. The molecule has 0 fully saturated rings. The molecule has 5 rings (SSSR count). The first-order valence-electron chi connectivity index (χ1n) is 10.5. The molecule has 166 valence electrons. The van der Waals surface area contributed by atoms with Gasteiger partial charge >= 0.3 is 5.97 Å². The van der Waals surface area contributed by atoms with Crippen LogP contribution in [-0.4, -0.2) is 23.9 Å². The average molecular weight is 443 g/mol. The van der Waals surface area contributed by atoms with E-state index in [1.165, 1.54) is 13.4 Å². The zero-order valence-electron chi connectivity index (χ0n) is 18.4. The van der Waals surface area contributed by atoms with Gasteiger partial charge in [0.15, 0.2) is 5.43 Å². The summed E-state index contributed by atoms with van der Waals surface area (Å²) >= 11 is 0. The number of hydrogen-bond acceptors (Lipinski definition) is 6. The lowest BCUT2D eigenvalue weighted by Gasteiger charge is -2.24. The van der Waals surface area contributed by atoms with Crippen molar-refractivity contribution < 1.29 is 23.2 Å². The third kappa shape index (κ3) is 3.33. The van der Waals surface area contributed by atoms with Crippen molar-refractivity contribution in [1.82, 2.24) is 4.90 Å².